The maximum atomic E-state index is 9.20. The van der Waals surface area contributed by atoms with Crippen LogP contribution in [0.2, 0.25) is 5.02 Å². The monoisotopic (exact) mass is 321 g/mol. The lowest BCUT2D eigenvalue weighted by atomic mass is 9.95. The third-order valence-electron chi connectivity index (χ3n) is 2.40. The van der Waals surface area contributed by atoms with Crippen molar-refractivity contribution < 1.29 is 9.84 Å². The van der Waals surface area contributed by atoms with Crippen molar-refractivity contribution in [2.24, 2.45) is 5.41 Å². The molecule has 0 amide bonds. The van der Waals surface area contributed by atoms with Crippen LogP contribution in [0.5, 0.6) is 5.75 Å². The average Bonchev–Trinajstić information content (AvgIpc) is 2.26. The Kier molecular flexibility index (Phi) is 5.10. The molecule has 0 unspecified atom stereocenters. The van der Waals surface area contributed by atoms with Crippen LogP contribution < -0.4 is 10.1 Å². The first-order valence-electron chi connectivity index (χ1n) is 5.27. The van der Waals surface area contributed by atoms with Crippen LogP contribution in [0.4, 0.5) is 5.69 Å². The summed E-state index contributed by atoms with van der Waals surface area (Å²) in [7, 11) is 1.61. The molecule has 0 aliphatic carbocycles. The van der Waals surface area contributed by atoms with Crippen LogP contribution in [0.25, 0.3) is 0 Å². The summed E-state index contributed by atoms with van der Waals surface area (Å²) in [4.78, 5) is 0. The zero-order valence-electron chi connectivity index (χ0n) is 10.2. The smallest absolute Gasteiger partial charge is 0.156 e. The first-order valence-corrected chi connectivity index (χ1v) is 6.44. The van der Waals surface area contributed by atoms with E-state index in [1.54, 1.807) is 19.2 Å². The van der Waals surface area contributed by atoms with Crippen molar-refractivity contribution in [3.05, 3.63) is 21.6 Å². The van der Waals surface area contributed by atoms with Gasteiger partial charge in [0.2, 0.25) is 0 Å². The third-order valence-corrected chi connectivity index (χ3v) is 3.21. The number of hydrogen-bond acceptors (Lipinski definition) is 3. The van der Waals surface area contributed by atoms with Crippen LogP contribution in [-0.4, -0.2) is 25.4 Å². The van der Waals surface area contributed by atoms with Crippen molar-refractivity contribution >= 4 is 33.2 Å². The molecule has 5 heteroatoms. The molecular weight excluding hydrogens is 305 g/mol. The van der Waals surface area contributed by atoms with Gasteiger partial charge in [-0.25, -0.2) is 0 Å². The molecule has 0 saturated carbocycles. The largest absolute Gasteiger partial charge is 0.493 e. The van der Waals surface area contributed by atoms with Gasteiger partial charge in [-0.1, -0.05) is 25.4 Å². The molecule has 0 saturated heterocycles. The van der Waals surface area contributed by atoms with Crippen LogP contribution >= 0.6 is 27.5 Å². The van der Waals surface area contributed by atoms with E-state index in [-0.39, 0.29) is 12.0 Å². The normalized spacial score (nSPS) is 11.4. The van der Waals surface area contributed by atoms with Gasteiger partial charge in [0.15, 0.2) is 5.75 Å². The zero-order valence-corrected chi connectivity index (χ0v) is 12.5. The summed E-state index contributed by atoms with van der Waals surface area (Å²) in [5.41, 5.74) is 0.619. The highest BCUT2D eigenvalue weighted by Crippen LogP contribution is 2.36. The minimum Gasteiger partial charge on any atom is -0.493 e. The Morgan fingerprint density at radius 3 is 2.65 bits per heavy atom. The Bertz CT molecular complexity index is 396. The summed E-state index contributed by atoms with van der Waals surface area (Å²) in [6.07, 6.45) is 0. The Hall–Kier alpha value is -0.450. The van der Waals surface area contributed by atoms with Crippen LogP contribution in [0.1, 0.15) is 13.8 Å². The molecular formula is C12H17BrClNO2. The molecule has 0 aromatic heterocycles. The predicted octanol–water partition coefficient (Wildman–Crippen LogP) is 3.54. The number of methoxy groups -OCH3 is 1. The van der Waals surface area contributed by atoms with Gasteiger partial charge in [0.1, 0.15) is 0 Å². The Labute approximate surface area is 115 Å². The van der Waals surface area contributed by atoms with Crippen molar-refractivity contribution in [1.82, 2.24) is 0 Å². The molecule has 1 aromatic carbocycles. The van der Waals surface area contributed by atoms with Gasteiger partial charge in [-0.3, -0.25) is 0 Å². The highest BCUT2D eigenvalue weighted by atomic mass is 79.9. The molecule has 0 aliphatic heterocycles. The van der Waals surface area contributed by atoms with Gasteiger partial charge >= 0.3 is 0 Å². The van der Waals surface area contributed by atoms with Crippen molar-refractivity contribution in [3.8, 4) is 5.75 Å². The molecule has 0 heterocycles. The predicted molar refractivity (Wildman–Crippen MR) is 75.1 cm³/mol. The van der Waals surface area contributed by atoms with Crippen LogP contribution in [0, 0.1) is 5.41 Å². The molecule has 1 rings (SSSR count). The van der Waals surface area contributed by atoms with E-state index in [4.69, 9.17) is 16.3 Å². The average molecular weight is 323 g/mol. The fourth-order valence-electron chi connectivity index (χ4n) is 1.29. The molecule has 3 nitrogen and oxygen atoms in total. The van der Waals surface area contributed by atoms with E-state index in [0.29, 0.717) is 17.3 Å². The second-order valence-electron chi connectivity index (χ2n) is 4.64. The Morgan fingerprint density at radius 1 is 1.47 bits per heavy atom. The van der Waals surface area contributed by atoms with Crippen molar-refractivity contribution in [2.45, 2.75) is 13.8 Å². The maximum Gasteiger partial charge on any atom is 0.156 e. The fourth-order valence-corrected chi connectivity index (χ4v) is 2.26. The zero-order chi connectivity index (χ0) is 13.1. The highest BCUT2D eigenvalue weighted by Gasteiger charge is 2.17. The number of anilines is 1. The molecule has 17 heavy (non-hydrogen) atoms. The molecule has 2 N–H and O–H groups in total. The summed E-state index contributed by atoms with van der Waals surface area (Å²) in [5.74, 6) is 0.711. The minimum absolute atomic E-state index is 0.115. The number of rotatable bonds is 5. The molecule has 0 fully saturated rings. The standard InChI is InChI=1S/C12H17BrClNO2/c1-12(2,7-16)6-15-10-5-8(14)4-9(13)11(10)17-3/h4-5,15-16H,6-7H2,1-3H3. The van der Waals surface area contributed by atoms with Crippen molar-refractivity contribution in [2.75, 3.05) is 25.6 Å². The first-order chi connectivity index (χ1) is 7.89. The quantitative estimate of drug-likeness (QED) is 0.871. The van der Waals surface area contributed by atoms with E-state index in [1.165, 1.54) is 0 Å². The van der Waals surface area contributed by atoms with E-state index >= 15 is 0 Å². The number of benzene rings is 1. The van der Waals surface area contributed by atoms with Gasteiger partial charge in [-0.15, -0.1) is 0 Å². The number of nitrogens with one attached hydrogen (secondary N) is 1. The lowest BCUT2D eigenvalue weighted by molar-refractivity contribution is 0.170. The number of hydrogen-bond donors (Lipinski definition) is 2. The second kappa shape index (κ2) is 5.94. The minimum atomic E-state index is -0.195. The van der Waals surface area contributed by atoms with Gasteiger partial charge in [0, 0.05) is 23.6 Å². The van der Waals surface area contributed by atoms with E-state index in [2.05, 4.69) is 21.2 Å². The third kappa shape index (κ3) is 4.05. The molecule has 0 spiro atoms. The van der Waals surface area contributed by atoms with Gasteiger partial charge in [-0.2, -0.15) is 0 Å². The summed E-state index contributed by atoms with van der Waals surface area (Å²) in [6, 6.07) is 3.58. The van der Waals surface area contributed by atoms with E-state index in [0.717, 1.165) is 10.2 Å². The number of aliphatic hydroxyl groups is 1. The van der Waals surface area contributed by atoms with Crippen LogP contribution in [-0.2, 0) is 0 Å². The molecule has 1 aromatic rings. The maximum absolute atomic E-state index is 9.20. The lowest BCUT2D eigenvalue weighted by Crippen LogP contribution is -2.26. The Morgan fingerprint density at radius 2 is 2.12 bits per heavy atom. The number of halogens is 2. The van der Waals surface area contributed by atoms with Gasteiger partial charge in [0.05, 0.1) is 17.3 Å². The molecule has 96 valence electrons. The van der Waals surface area contributed by atoms with Crippen LogP contribution in [0.3, 0.4) is 0 Å². The lowest BCUT2D eigenvalue weighted by Gasteiger charge is -2.23. The molecule has 0 radical (unpaired) electrons. The summed E-state index contributed by atoms with van der Waals surface area (Å²) < 4.78 is 6.10. The van der Waals surface area contributed by atoms with Gasteiger partial charge < -0.3 is 15.2 Å². The first kappa shape index (κ1) is 14.6. The van der Waals surface area contributed by atoms with E-state index in [9.17, 15) is 5.11 Å². The van der Waals surface area contributed by atoms with Gasteiger partial charge in [0.25, 0.3) is 0 Å². The van der Waals surface area contributed by atoms with Crippen molar-refractivity contribution in [3.63, 3.8) is 0 Å². The summed E-state index contributed by atoms with van der Waals surface area (Å²) in [5, 5.41) is 13.1. The fraction of sp³-hybridized carbons (Fsp3) is 0.500. The Balaban J connectivity index is 2.90. The molecule has 0 bridgehead atoms. The van der Waals surface area contributed by atoms with Crippen LogP contribution in [0.15, 0.2) is 16.6 Å². The van der Waals surface area contributed by atoms with Gasteiger partial charge in [-0.05, 0) is 28.1 Å². The van der Waals surface area contributed by atoms with E-state index in [1.807, 2.05) is 13.8 Å². The summed E-state index contributed by atoms with van der Waals surface area (Å²) >= 11 is 9.38. The molecule has 0 aliphatic rings. The topological polar surface area (TPSA) is 41.5 Å². The highest BCUT2D eigenvalue weighted by molar-refractivity contribution is 9.10. The summed E-state index contributed by atoms with van der Waals surface area (Å²) in [6.45, 7) is 4.70. The molecule has 0 atom stereocenters. The van der Waals surface area contributed by atoms with Crippen molar-refractivity contribution in [1.29, 1.82) is 0 Å². The number of ether oxygens (including phenoxy) is 1. The van der Waals surface area contributed by atoms with E-state index < -0.39 is 0 Å². The number of aliphatic hydroxyl groups excluding tert-OH is 1. The SMILES string of the molecule is COc1c(Br)cc(Cl)cc1NCC(C)(C)CO. The second-order valence-corrected chi connectivity index (χ2v) is 5.94.